The van der Waals surface area contributed by atoms with Gasteiger partial charge in [-0.25, -0.2) is 0 Å². The highest BCUT2D eigenvalue weighted by Gasteiger charge is 2.14. The highest BCUT2D eigenvalue weighted by atomic mass is 32.1. The number of hydrogen-bond donors (Lipinski definition) is 0. The fraction of sp³-hybridized carbons (Fsp3) is 0.263. The second-order valence-electron chi connectivity index (χ2n) is 5.88. The molecule has 0 saturated carbocycles. The van der Waals surface area contributed by atoms with Crippen molar-refractivity contribution in [1.82, 2.24) is 14.7 Å². The van der Waals surface area contributed by atoms with Gasteiger partial charge in [-0.2, -0.15) is 16.4 Å². The monoisotopic (exact) mass is 355 g/mol. The lowest BCUT2D eigenvalue weighted by Gasteiger charge is -2.22. The van der Waals surface area contributed by atoms with Crippen molar-refractivity contribution >= 4 is 17.3 Å². The first-order valence-corrected chi connectivity index (χ1v) is 8.99. The van der Waals surface area contributed by atoms with E-state index in [4.69, 9.17) is 4.74 Å². The van der Waals surface area contributed by atoms with Crippen LogP contribution in [0.15, 0.2) is 53.4 Å². The molecule has 0 radical (unpaired) electrons. The smallest absolute Gasteiger partial charge is 0.319 e. The Labute approximate surface area is 151 Å². The van der Waals surface area contributed by atoms with Crippen molar-refractivity contribution < 1.29 is 9.53 Å². The maximum atomic E-state index is 11.8. The zero-order chi connectivity index (χ0) is 17.6. The summed E-state index contributed by atoms with van der Waals surface area (Å²) in [6.45, 7) is 3.48. The van der Waals surface area contributed by atoms with Crippen LogP contribution in [0.5, 0.6) is 0 Å². The molecule has 0 aliphatic heterocycles. The van der Waals surface area contributed by atoms with Crippen LogP contribution in [0.3, 0.4) is 0 Å². The van der Waals surface area contributed by atoms with Gasteiger partial charge in [0.2, 0.25) is 0 Å². The number of carbonyl (C=O) groups is 1. The van der Waals surface area contributed by atoms with E-state index in [2.05, 4.69) is 35.6 Å². The van der Waals surface area contributed by atoms with E-state index in [0.29, 0.717) is 13.2 Å². The van der Waals surface area contributed by atoms with E-state index in [1.807, 2.05) is 39.4 Å². The first-order chi connectivity index (χ1) is 12.2. The molecule has 0 N–H and O–H groups in total. The Morgan fingerprint density at radius 1 is 1.28 bits per heavy atom. The lowest BCUT2D eigenvalue weighted by atomic mass is 10.1. The van der Waals surface area contributed by atoms with Gasteiger partial charge in [-0.05, 0) is 35.6 Å². The first kappa shape index (κ1) is 17.4. The standard InChI is InChI=1S/C19H21N3O2S/c1-15-5-3-4-6-16(15)11-21(12-19(23)24-2)14-22-9-7-18(20-22)17-8-10-25-13-17/h3-10,13H,11-12,14H2,1-2H3. The number of thiophene rings is 1. The highest BCUT2D eigenvalue weighted by Crippen LogP contribution is 2.20. The van der Waals surface area contributed by atoms with Crippen LogP contribution in [0.2, 0.25) is 0 Å². The maximum absolute atomic E-state index is 11.8. The summed E-state index contributed by atoms with van der Waals surface area (Å²) in [6, 6.07) is 12.2. The van der Waals surface area contributed by atoms with Gasteiger partial charge in [0.25, 0.3) is 0 Å². The molecule has 0 fully saturated rings. The summed E-state index contributed by atoms with van der Waals surface area (Å²) < 4.78 is 6.70. The summed E-state index contributed by atoms with van der Waals surface area (Å²) in [7, 11) is 1.41. The number of esters is 1. The zero-order valence-corrected chi connectivity index (χ0v) is 15.2. The highest BCUT2D eigenvalue weighted by molar-refractivity contribution is 7.08. The Hall–Kier alpha value is -2.44. The maximum Gasteiger partial charge on any atom is 0.319 e. The summed E-state index contributed by atoms with van der Waals surface area (Å²) >= 11 is 1.65. The van der Waals surface area contributed by atoms with Crippen LogP contribution in [-0.2, 0) is 22.7 Å². The number of hydrogen-bond acceptors (Lipinski definition) is 5. The van der Waals surface area contributed by atoms with Crippen molar-refractivity contribution in [2.45, 2.75) is 20.1 Å². The Balaban J connectivity index is 1.75. The second-order valence-corrected chi connectivity index (χ2v) is 6.66. The number of carbonyl (C=O) groups excluding carboxylic acids is 1. The van der Waals surface area contributed by atoms with E-state index in [1.54, 1.807) is 11.3 Å². The van der Waals surface area contributed by atoms with E-state index in [0.717, 1.165) is 11.3 Å². The normalized spacial score (nSPS) is 11.0. The first-order valence-electron chi connectivity index (χ1n) is 8.05. The van der Waals surface area contributed by atoms with Crippen molar-refractivity contribution in [2.75, 3.05) is 13.7 Å². The molecule has 2 heterocycles. The van der Waals surface area contributed by atoms with Crippen LogP contribution in [-0.4, -0.2) is 34.3 Å². The number of ether oxygens (including phenoxy) is 1. The summed E-state index contributed by atoms with van der Waals surface area (Å²) in [5, 5.41) is 8.73. The molecule has 130 valence electrons. The molecule has 0 amide bonds. The predicted octanol–water partition coefficient (Wildman–Crippen LogP) is 3.55. The van der Waals surface area contributed by atoms with Crippen molar-refractivity contribution in [3.8, 4) is 11.3 Å². The summed E-state index contributed by atoms with van der Waals surface area (Å²) in [6.07, 6.45) is 1.94. The molecule has 0 bridgehead atoms. The van der Waals surface area contributed by atoms with Gasteiger partial charge < -0.3 is 4.74 Å². The summed E-state index contributed by atoms with van der Waals surface area (Å²) in [4.78, 5) is 13.8. The molecule has 25 heavy (non-hydrogen) atoms. The van der Waals surface area contributed by atoms with Gasteiger partial charge in [0.1, 0.15) is 0 Å². The molecule has 3 rings (SSSR count). The van der Waals surface area contributed by atoms with Gasteiger partial charge in [0.05, 0.1) is 26.0 Å². The van der Waals surface area contributed by atoms with Gasteiger partial charge in [-0.3, -0.25) is 14.4 Å². The fourth-order valence-electron chi connectivity index (χ4n) is 2.64. The Bertz CT molecular complexity index is 827. The Morgan fingerprint density at radius 2 is 2.12 bits per heavy atom. The van der Waals surface area contributed by atoms with Gasteiger partial charge >= 0.3 is 5.97 Å². The molecule has 5 nitrogen and oxygen atoms in total. The minimum Gasteiger partial charge on any atom is -0.468 e. The average molecular weight is 355 g/mol. The molecule has 3 aromatic rings. The van der Waals surface area contributed by atoms with Crippen molar-refractivity contribution in [2.24, 2.45) is 0 Å². The molecule has 0 atom stereocenters. The summed E-state index contributed by atoms with van der Waals surface area (Å²) in [5.74, 6) is -0.251. The van der Waals surface area contributed by atoms with Crippen LogP contribution >= 0.6 is 11.3 Å². The zero-order valence-electron chi connectivity index (χ0n) is 14.4. The minimum absolute atomic E-state index is 0.221. The SMILES string of the molecule is COC(=O)CN(Cc1ccccc1C)Cn1ccc(-c2ccsc2)n1. The number of aryl methyl sites for hydroxylation is 1. The predicted molar refractivity (Wildman–Crippen MR) is 99.1 cm³/mol. The van der Waals surface area contributed by atoms with Crippen LogP contribution < -0.4 is 0 Å². The van der Waals surface area contributed by atoms with Crippen LogP contribution in [0, 0.1) is 6.92 Å². The van der Waals surface area contributed by atoms with Gasteiger partial charge in [0.15, 0.2) is 0 Å². The van der Waals surface area contributed by atoms with E-state index >= 15 is 0 Å². The van der Waals surface area contributed by atoms with Crippen molar-refractivity contribution in [1.29, 1.82) is 0 Å². The van der Waals surface area contributed by atoms with Gasteiger partial charge in [-0.1, -0.05) is 24.3 Å². The molecule has 2 aromatic heterocycles. The molecule has 0 saturated heterocycles. The molecule has 0 spiro atoms. The quantitative estimate of drug-likeness (QED) is 0.608. The second kappa shape index (κ2) is 8.09. The molecule has 0 unspecified atom stereocenters. The van der Waals surface area contributed by atoms with Crippen LogP contribution in [0.1, 0.15) is 11.1 Å². The topological polar surface area (TPSA) is 47.4 Å². The summed E-state index contributed by atoms with van der Waals surface area (Å²) in [5.41, 5.74) is 4.45. The van der Waals surface area contributed by atoms with Crippen molar-refractivity contribution in [3.05, 3.63) is 64.5 Å². The third kappa shape index (κ3) is 4.55. The Kier molecular flexibility index (Phi) is 5.63. The van der Waals surface area contributed by atoms with Gasteiger partial charge in [-0.15, -0.1) is 0 Å². The number of rotatable bonds is 7. The molecule has 0 aliphatic rings. The van der Waals surface area contributed by atoms with Crippen molar-refractivity contribution in [3.63, 3.8) is 0 Å². The third-order valence-corrected chi connectivity index (χ3v) is 4.72. The largest absolute Gasteiger partial charge is 0.468 e. The average Bonchev–Trinajstić information content (AvgIpc) is 3.28. The number of benzene rings is 1. The fourth-order valence-corrected chi connectivity index (χ4v) is 3.29. The van der Waals surface area contributed by atoms with Crippen LogP contribution in [0.25, 0.3) is 11.3 Å². The van der Waals surface area contributed by atoms with E-state index in [1.165, 1.54) is 18.2 Å². The van der Waals surface area contributed by atoms with E-state index < -0.39 is 0 Å². The number of nitrogens with zero attached hydrogens (tertiary/aromatic N) is 3. The minimum atomic E-state index is -0.251. The third-order valence-electron chi connectivity index (χ3n) is 4.04. The molecule has 6 heteroatoms. The van der Waals surface area contributed by atoms with E-state index in [-0.39, 0.29) is 12.5 Å². The van der Waals surface area contributed by atoms with E-state index in [9.17, 15) is 4.79 Å². The van der Waals surface area contributed by atoms with Gasteiger partial charge in [0, 0.05) is 23.7 Å². The molecule has 1 aromatic carbocycles. The Morgan fingerprint density at radius 3 is 2.84 bits per heavy atom. The number of methoxy groups -OCH3 is 1. The van der Waals surface area contributed by atoms with Crippen LogP contribution in [0.4, 0.5) is 0 Å². The molecule has 0 aliphatic carbocycles. The molecular formula is C19H21N3O2S. The number of aromatic nitrogens is 2. The lowest BCUT2D eigenvalue weighted by molar-refractivity contribution is -0.142. The molecular weight excluding hydrogens is 334 g/mol. The lowest BCUT2D eigenvalue weighted by Crippen LogP contribution is -2.32.